The molecule has 124 valence electrons. The SMILES string of the molecule is C[C@H](NCC1CCN(C(=O)OC(C)(C)C)CC1)c1cccs1. The predicted octanol–water partition coefficient (Wildman–Crippen LogP) is 4.05. The van der Waals surface area contributed by atoms with Crippen LogP contribution in [0.4, 0.5) is 4.79 Å². The molecule has 4 nitrogen and oxygen atoms in total. The normalized spacial score (nSPS) is 18.3. The number of hydrogen-bond donors (Lipinski definition) is 1. The summed E-state index contributed by atoms with van der Waals surface area (Å²) in [5.41, 5.74) is -0.411. The molecule has 1 aromatic rings. The monoisotopic (exact) mass is 324 g/mol. The van der Waals surface area contributed by atoms with Crippen LogP contribution in [0.5, 0.6) is 0 Å². The summed E-state index contributed by atoms with van der Waals surface area (Å²) in [5.74, 6) is 0.640. The summed E-state index contributed by atoms with van der Waals surface area (Å²) < 4.78 is 5.43. The number of amides is 1. The first-order valence-corrected chi connectivity index (χ1v) is 8.98. The third kappa shape index (κ3) is 5.29. The zero-order valence-corrected chi connectivity index (χ0v) is 14.9. The fourth-order valence-corrected chi connectivity index (χ4v) is 3.39. The van der Waals surface area contributed by atoms with Crippen LogP contribution in [-0.2, 0) is 4.74 Å². The van der Waals surface area contributed by atoms with Crippen LogP contribution in [0, 0.1) is 5.92 Å². The van der Waals surface area contributed by atoms with Gasteiger partial charge in [0.15, 0.2) is 0 Å². The molecule has 0 aromatic carbocycles. The van der Waals surface area contributed by atoms with E-state index in [4.69, 9.17) is 4.74 Å². The van der Waals surface area contributed by atoms with E-state index in [1.54, 1.807) is 11.3 Å². The number of thiophene rings is 1. The maximum absolute atomic E-state index is 12.0. The van der Waals surface area contributed by atoms with E-state index in [1.807, 2.05) is 25.7 Å². The zero-order chi connectivity index (χ0) is 16.2. The Morgan fingerprint density at radius 2 is 2.14 bits per heavy atom. The Balaban J connectivity index is 1.70. The topological polar surface area (TPSA) is 41.6 Å². The number of likely N-dealkylation sites (tertiary alicyclic amines) is 1. The smallest absolute Gasteiger partial charge is 0.410 e. The Morgan fingerprint density at radius 1 is 1.45 bits per heavy atom. The summed E-state index contributed by atoms with van der Waals surface area (Å²) >= 11 is 1.80. The second-order valence-corrected chi connectivity index (χ2v) is 8.04. The lowest BCUT2D eigenvalue weighted by Crippen LogP contribution is -2.43. The summed E-state index contributed by atoms with van der Waals surface area (Å²) in [6.45, 7) is 10.6. The van der Waals surface area contributed by atoms with Crippen LogP contribution in [0.2, 0.25) is 0 Å². The molecule has 1 fully saturated rings. The van der Waals surface area contributed by atoms with Crippen LogP contribution >= 0.6 is 11.3 Å². The van der Waals surface area contributed by atoms with Gasteiger partial charge in [-0.2, -0.15) is 0 Å². The highest BCUT2D eigenvalue weighted by molar-refractivity contribution is 7.10. The minimum atomic E-state index is -0.411. The highest BCUT2D eigenvalue weighted by Gasteiger charge is 2.26. The maximum Gasteiger partial charge on any atom is 0.410 e. The lowest BCUT2D eigenvalue weighted by atomic mass is 9.96. The van der Waals surface area contributed by atoms with Crippen LogP contribution in [0.15, 0.2) is 17.5 Å². The number of nitrogens with zero attached hydrogens (tertiary/aromatic N) is 1. The highest BCUT2D eigenvalue weighted by atomic mass is 32.1. The van der Waals surface area contributed by atoms with Crippen molar-refractivity contribution in [3.8, 4) is 0 Å². The molecule has 1 aromatic heterocycles. The molecule has 1 saturated heterocycles. The predicted molar refractivity (Wildman–Crippen MR) is 91.3 cm³/mol. The lowest BCUT2D eigenvalue weighted by molar-refractivity contribution is 0.0183. The third-order valence-corrected chi connectivity index (χ3v) is 5.00. The van der Waals surface area contributed by atoms with Crippen LogP contribution in [-0.4, -0.2) is 36.2 Å². The van der Waals surface area contributed by atoms with Crippen molar-refractivity contribution < 1.29 is 9.53 Å². The quantitative estimate of drug-likeness (QED) is 0.908. The van der Waals surface area contributed by atoms with Crippen molar-refractivity contribution in [2.24, 2.45) is 5.92 Å². The van der Waals surface area contributed by atoms with Crippen molar-refractivity contribution in [1.82, 2.24) is 10.2 Å². The average Bonchev–Trinajstić information content (AvgIpc) is 2.97. The molecule has 2 heterocycles. The molecule has 2 rings (SSSR count). The number of nitrogens with one attached hydrogen (secondary N) is 1. The third-order valence-electron chi connectivity index (χ3n) is 3.95. The van der Waals surface area contributed by atoms with Crippen LogP contribution in [0.25, 0.3) is 0 Å². The van der Waals surface area contributed by atoms with Crippen molar-refractivity contribution in [2.45, 2.75) is 52.2 Å². The van der Waals surface area contributed by atoms with Crippen molar-refractivity contribution in [3.05, 3.63) is 22.4 Å². The Kier molecular flexibility index (Phi) is 5.87. The molecule has 0 unspecified atom stereocenters. The van der Waals surface area contributed by atoms with E-state index in [0.29, 0.717) is 12.0 Å². The van der Waals surface area contributed by atoms with Crippen molar-refractivity contribution in [1.29, 1.82) is 0 Å². The molecule has 0 saturated carbocycles. The van der Waals surface area contributed by atoms with Gasteiger partial charge >= 0.3 is 6.09 Å². The Labute approximate surface area is 137 Å². The molecule has 1 aliphatic rings. The number of carbonyl (C=O) groups is 1. The second-order valence-electron chi connectivity index (χ2n) is 7.06. The van der Waals surface area contributed by atoms with Gasteiger partial charge in [0, 0.05) is 24.0 Å². The van der Waals surface area contributed by atoms with E-state index < -0.39 is 5.60 Å². The Hall–Kier alpha value is -1.07. The van der Waals surface area contributed by atoms with Gasteiger partial charge in [0.25, 0.3) is 0 Å². The van der Waals surface area contributed by atoms with E-state index in [2.05, 4.69) is 29.8 Å². The van der Waals surface area contributed by atoms with Crippen molar-refractivity contribution in [3.63, 3.8) is 0 Å². The Bertz CT molecular complexity index is 460. The summed E-state index contributed by atoms with van der Waals surface area (Å²) in [7, 11) is 0. The number of piperidine rings is 1. The second kappa shape index (κ2) is 7.47. The van der Waals surface area contributed by atoms with Gasteiger partial charge < -0.3 is 15.0 Å². The fraction of sp³-hybridized carbons (Fsp3) is 0.706. The van der Waals surface area contributed by atoms with Crippen molar-refractivity contribution >= 4 is 17.4 Å². The summed E-state index contributed by atoms with van der Waals surface area (Å²) in [4.78, 5) is 15.2. The van der Waals surface area contributed by atoms with E-state index in [0.717, 1.165) is 32.5 Å². The molecule has 1 N–H and O–H groups in total. The van der Waals surface area contributed by atoms with E-state index in [1.165, 1.54) is 4.88 Å². The lowest BCUT2D eigenvalue weighted by Gasteiger charge is -2.33. The molecule has 0 spiro atoms. The highest BCUT2D eigenvalue weighted by Crippen LogP contribution is 2.22. The number of hydrogen-bond acceptors (Lipinski definition) is 4. The van der Waals surface area contributed by atoms with Gasteiger partial charge in [0.1, 0.15) is 5.60 Å². The van der Waals surface area contributed by atoms with E-state index in [9.17, 15) is 4.79 Å². The van der Waals surface area contributed by atoms with Crippen LogP contribution < -0.4 is 5.32 Å². The molecular weight excluding hydrogens is 296 g/mol. The minimum absolute atomic E-state index is 0.175. The van der Waals surface area contributed by atoms with Gasteiger partial charge in [0.05, 0.1) is 0 Å². The number of ether oxygens (including phenoxy) is 1. The van der Waals surface area contributed by atoms with Crippen LogP contribution in [0.3, 0.4) is 0 Å². The molecule has 0 aliphatic carbocycles. The molecule has 5 heteroatoms. The maximum atomic E-state index is 12.0. The Morgan fingerprint density at radius 3 is 2.68 bits per heavy atom. The van der Waals surface area contributed by atoms with Gasteiger partial charge in [-0.25, -0.2) is 4.79 Å². The van der Waals surface area contributed by atoms with E-state index >= 15 is 0 Å². The van der Waals surface area contributed by atoms with Gasteiger partial charge in [-0.15, -0.1) is 11.3 Å². The van der Waals surface area contributed by atoms with Gasteiger partial charge in [-0.1, -0.05) is 6.07 Å². The van der Waals surface area contributed by atoms with Gasteiger partial charge in [0.2, 0.25) is 0 Å². The average molecular weight is 324 g/mol. The molecular formula is C17H28N2O2S. The summed E-state index contributed by atoms with van der Waals surface area (Å²) in [6.07, 6.45) is 1.91. The van der Waals surface area contributed by atoms with E-state index in [-0.39, 0.29) is 6.09 Å². The van der Waals surface area contributed by atoms with Gasteiger partial charge in [-0.3, -0.25) is 0 Å². The van der Waals surface area contributed by atoms with Crippen molar-refractivity contribution in [2.75, 3.05) is 19.6 Å². The molecule has 0 radical (unpaired) electrons. The summed E-state index contributed by atoms with van der Waals surface area (Å²) in [6, 6.07) is 4.68. The zero-order valence-electron chi connectivity index (χ0n) is 14.1. The molecule has 1 amide bonds. The molecule has 1 atom stereocenters. The van der Waals surface area contributed by atoms with Crippen LogP contribution in [0.1, 0.15) is 51.5 Å². The standard InChI is InChI=1S/C17H28N2O2S/c1-13(15-6-5-11-22-15)18-12-14-7-9-19(10-8-14)16(20)21-17(2,3)4/h5-6,11,13-14,18H,7-10,12H2,1-4H3/t13-/m0/s1. The molecule has 0 bridgehead atoms. The number of carbonyl (C=O) groups excluding carboxylic acids is 1. The number of rotatable bonds is 4. The minimum Gasteiger partial charge on any atom is -0.444 e. The molecule has 1 aliphatic heterocycles. The first kappa shape index (κ1) is 17.3. The largest absolute Gasteiger partial charge is 0.444 e. The molecule has 22 heavy (non-hydrogen) atoms. The first-order chi connectivity index (χ1) is 10.3. The van der Waals surface area contributed by atoms with Gasteiger partial charge in [-0.05, 0) is 64.4 Å². The first-order valence-electron chi connectivity index (χ1n) is 8.10. The fourth-order valence-electron chi connectivity index (χ4n) is 2.63. The summed E-state index contributed by atoms with van der Waals surface area (Å²) in [5, 5.41) is 5.73.